The number of hydrogen-bond acceptors (Lipinski definition) is 5. The lowest BCUT2D eigenvalue weighted by Gasteiger charge is -2.20. The van der Waals surface area contributed by atoms with Crippen LogP contribution in [0.15, 0.2) is 42.5 Å². The van der Waals surface area contributed by atoms with E-state index in [1.165, 1.54) is 0 Å². The number of hydrogen-bond donors (Lipinski definition) is 3. The molecule has 2 aromatic carbocycles. The van der Waals surface area contributed by atoms with Gasteiger partial charge >= 0.3 is 6.09 Å². The normalized spacial score (nSPS) is 12.9. The van der Waals surface area contributed by atoms with Gasteiger partial charge < -0.3 is 25.0 Å². The van der Waals surface area contributed by atoms with E-state index in [-0.39, 0.29) is 19.6 Å². The van der Waals surface area contributed by atoms with E-state index >= 15 is 0 Å². The van der Waals surface area contributed by atoms with Crippen molar-refractivity contribution >= 4 is 6.09 Å². The Bertz CT molecular complexity index is 724. The average molecular weight is 373 g/mol. The number of amides is 1. The number of ether oxygens (including phenoxy) is 2. The largest absolute Gasteiger partial charge is 0.496 e. The van der Waals surface area contributed by atoms with Crippen LogP contribution in [-0.4, -0.2) is 36.1 Å². The monoisotopic (exact) mass is 373 g/mol. The van der Waals surface area contributed by atoms with Gasteiger partial charge in [0, 0.05) is 6.54 Å². The van der Waals surface area contributed by atoms with Gasteiger partial charge in [-0.1, -0.05) is 30.3 Å². The van der Waals surface area contributed by atoms with E-state index in [1.54, 1.807) is 19.2 Å². The van der Waals surface area contributed by atoms with Crippen molar-refractivity contribution < 1.29 is 24.5 Å². The van der Waals surface area contributed by atoms with Crippen LogP contribution in [0.25, 0.3) is 0 Å². The van der Waals surface area contributed by atoms with Gasteiger partial charge in [-0.15, -0.1) is 0 Å². The van der Waals surface area contributed by atoms with E-state index in [0.717, 1.165) is 22.4 Å². The van der Waals surface area contributed by atoms with Gasteiger partial charge in [0.05, 0.1) is 13.2 Å². The van der Waals surface area contributed by atoms with Crippen LogP contribution in [0.4, 0.5) is 4.79 Å². The number of aryl methyl sites for hydroxylation is 2. The second-order valence-corrected chi connectivity index (χ2v) is 6.48. The van der Waals surface area contributed by atoms with Gasteiger partial charge in [0.15, 0.2) is 0 Å². The first-order chi connectivity index (χ1) is 12.9. The van der Waals surface area contributed by atoms with E-state index in [0.29, 0.717) is 5.56 Å². The molecule has 27 heavy (non-hydrogen) atoms. The van der Waals surface area contributed by atoms with Crippen LogP contribution in [0, 0.1) is 13.8 Å². The first-order valence-corrected chi connectivity index (χ1v) is 8.88. The molecule has 2 atom stereocenters. The first kappa shape index (κ1) is 20.7. The number of benzene rings is 2. The number of carbonyl (C=O) groups is 1. The molecule has 0 aliphatic rings. The molecule has 0 spiro atoms. The fourth-order valence-corrected chi connectivity index (χ4v) is 2.95. The van der Waals surface area contributed by atoms with E-state index in [1.807, 2.05) is 44.2 Å². The van der Waals surface area contributed by atoms with Crippen LogP contribution in [0.1, 0.15) is 34.8 Å². The summed E-state index contributed by atoms with van der Waals surface area (Å²) < 4.78 is 10.4. The number of carbonyl (C=O) groups excluding carboxylic acids is 1. The molecule has 0 saturated carbocycles. The molecule has 2 rings (SSSR count). The van der Waals surface area contributed by atoms with Crippen molar-refractivity contribution in [1.82, 2.24) is 5.32 Å². The van der Waals surface area contributed by atoms with Gasteiger partial charge in [-0.3, -0.25) is 0 Å². The zero-order valence-electron chi connectivity index (χ0n) is 15.9. The van der Waals surface area contributed by atoms with Crippen molar-refractivity contribution in [2.24, 2.45) is 0 Å². The Morgan fingerprint density at radius 1 is 1.11 bits per heavy atom. The zero-order chi connectivity index (χ0) is 19.8. The summed E-state index contributed by atoms with van der Waals surface area (Å²) in [4.78, 5) is 11.7. The van der Waals surface area contributed by atoms with E-state index in [2.05, 4.69) is 5.32 Å². The lowest BCUT2D eigenvalue weighted by Crippen LogP contribution is -2.29. The maximum Gasteiger partial charge on any atom is 0.407 e. The van der Waals surface area contributed by atoms with Crippen molar-refractivity contribution in [3.05, 3.63) is 64.7 Å². The SMILES string of the molecule is COc1c(C)cc(C(O)C(O)CCNC(=O)OCc2ccccc2)cc1C. The average Bonchev–Trinajstić information content (AvgIpc) is 2.66. The summed E-state index contributed by atoms with van der Waals surface area (Å²) >= 11 is 0. The molecule has 0 heterocycles. The maximum atomic E-state index is 11.7. The van der Waals surface area contributed by atoms with E-state index in [9.17, 15) is 15.0 Å². The topological polar surface area (TPSA) is 88.0 Å². The molecule has 3 N–H and O–H groups in total. The molecular weight excluding hydrogens is 346 g/mol. The number of rotatable bonds is 8. The number of nitrogens with one attached hydrogen (secondary N) is 1. The standard InChI is InChI=1S/C21H27NO5/c1-14-11-17(12-15(2)20(14)26-3)19(24)18(23)9-10-22-21(25)27-13-16-7-5-4-6-8-16/h4-8,11-12,18-19,23-24H,9-10,13H2,1-3H3,(H,22,25). The number of aliphatic hydroxyl groups is 2. The van der Waals surface area contributed by atoms with Gasteiger partial charge in [0.2, 0.25) is 0 Å². The smallest absolute Gasteiger partial charge is 0.407 e. The van der Waals surface area contributed by atoms with Gasteiger partial charge in [-0.05, 0) is 54.7 Å². The molecule has 0 aliphatic carbocycles. The predicted octanol–water partition coefficient (Wildman–Crippen LogP) is 3.02. The highest BCUT2D eigenvalue weighted by atomic mass is 16.5. The predicted molar refractivity (Wildman–Crippen MR) is 103 cm³/mol. The van der Waals surface area contributed by atoms with Crippen molar-refractivity contribution in [2.75, 3.05) is 13.7 Å². The lowest BCUT2D eigenvalue weighted by atomic mass is 9.97. The zero-order valence-corrected chi connectivity index (χ0v) is 15.9. The highest BCUT2D eigenvalue weighted by Gasteiger charge is 2.20. The highest BCUT2D eigenvalue weighted by molar-refractivity contribution is 5.67. The summed E-state index contributed by atoms with van der Waals surface area (Å²) in [5, 5.41) is 23.2. The first-order valence-electron chi connectivity index (χ1n) is 8.88. The van der Waals surface area contributed by atoms with E-state index < -0.39 is 18.3 Å². The Morgan fingerprint density at radius 3 is 2.33 bits per heavy atom. The summed E-state index contributed by atoms with van der Waals surface area (Å²) in [6.07, 6.45) is -2.41. The molecule has 0 radical (unpaired) electrons. The second kappa shape index (κ2) is 9.94. The molecule has 0 bridgehead atoms. The van der Waals surface area contributed by atoms with Crippen LogP contribution < -0.4 is 10.1 Å². The molecule has 2 unspecified atom stereocenters. The van der Waals surface area contributed by atoms with Crippen molar-refractivity contribution in [3.8, 4) is 5.75 Å². The number of aliphatic hydroxyl groups excluding tert-OH is 2. The minimum absolute atomic E-state index is 0.183. The third-order valence-electron chi connectivity index (χ3n) is 4.31. The summed E-state index contributed by atoms with van der Waals surface area (Å²) in [6.45, 7) is 4.15. The minimum Gasteiger partial charge on any atom is -0.496 e. The van der Waals surface area contributed by atoms with Crippen molar-refractivity contribution in [2.45, 2.75) is 39.1 Å². The van der Waals surface area contributed by atoms with Crippen LogP contribution in [0.2, 0.25) is 0 Å². The summed E-state index contributed by atoms with van der Waals surface area (Å²) in [5.74, 6) is 0.767. The molecule has 2 aromatic rings. The molecular formula is C21H27NO5. The van der Waals surface area contributed by atoms with Crippen LogP contribution in [0.5, 0.6) is 5.75 Å². The molecule has 6 heteroatoms. The quantitative estimate of drug-likeness (QED) is 0.662. The Balaban J connectivity index is 1.79. The molecule has 146 valence electrons. The molecule has 6 nitrogen and oxygen atoms in total. The second-order valence-electron chi connectivity index (χ2n) is 6.48. The maximum absolute atomic E-state index is 11.7. The van der Waals surface area contributed by atoms with Crippen molar-refractivity contribution in [1.29, 1.82) is 0 Å². The Morgan fingerprint density at radius 2 is 1.74 bits per heavy atom. The highest BCUT2D eigenvalue weighted by Crippen LogP contribution is 2.28. The minimum atomic E-state index is -1.05. The van der Waals surface area contributed by atoms with Gasteiger partial charge in [0.25, 0.3) is 0 Å². The van der Waals surface area contributed by atoms with Crippen LogP contribution in [-0.2, 0) is 11.3 Å². The third kappa shape index (κ3) is 5.98. The Hall–Kier alpha value is -2.57. The molecule has 0 aliphatic heterocycles. The van der Waals surface area contributed by atoms with Gasteiger partial charge in [-0.25, -0.2) is 4.79 Å². The van der Waals surface area contributed by atoms with E-state index in [4.69, 9.17) is 9.47 Å². The summed E-state index contributed by atoms with van der Waals surface area (Å²) in [6, 6.07) is 13.0. The summed E-state index contributed by atoms with van der Waals surface area (Å²) in [5.41, 5.74) is 3.29. The fraction of sp³-hybridized carbons (Fsp3) is 0.381. The van der Waals surface area contributed by atoms with Crippen molar-refractivity contribution in [3.63, 3.8) is 0 Å². The number of methoxy groups -OCH3 is 1. The third-order valence-corrected chi connectivity index (χ3v) is 4.31. The van der Waals surface area contributed by atoms with Crippen LogP contribution >= 0.6 is 0 Å². The molecule has 0 saturated heterocycles. The molecule has 1 amide bonds. The summed E-state index contributed by atoms with van der Waals surface area (Å²) in [7, 11) is 1.60. The molecule has 0 aromatic heterocycles. The van der Waals surface area contributed by atoms with Gasteiger partial charge in [0.1, 0.15) is 18.5 Å². The fourth-order valence-electron chi connectivity index (χ4n) is 2.95. The molecule has 0 fully saturated rings. The van der Waals surface area contributed by atoms with Gasteiger partial charge in [-0.2, -0.15) is 0 Å². The Labute approximate surface area is 159 Å². The van der Waals surface area contributed by atoms with Crippen LogP contribution in [0.3, 0.4) is 0 Å². The number of alkyl carbamates (subject to hydrolysis) is 1. The Kier molecular flexibility index (Phi) is 7.64. The lowest BCUT2D eigenvalue weighted by molar-refractivity contribution is 0.0135.